The molecule has 1 N–H and O–H groups in total. The number of rotatable bonds is 5. The maximum absolute atomic E-state index is 12.4. The summed E-state index contributed by atoms with van der Waals surface area (Å²) in [5.41, 5.74) is 1.04. The number of sulfonamides is 1. The summed E-state index contributed by atoms with van der Waals surface area (Å²) in [6.45, 7) is 6.39. The van der Waals surface area contributed by atoms with Crippen LogP contribution in [0.2, 0.25) is 0 Å². The molecule has 1 atom stereocenters. The standard InChI is InChI=1S/C13H18ClN3O2S2/c1-13(2,3)7-9(14)8-15-21(18,19)11-6-4-5-10-12(11)17-20-16-10/h4-6,9,15H,7-8H2,1-3H3. The Balaban J connectivity index is 2.10. The second kappa shape index (κ2) is 6.16. The van der Waals surface area contributed by atoms with Crippen molar-refractivity contribution in [3.05, 3.63) is 18.2 Å². The Hall–Kier alpha value is -0.760. The van der Waals surface area contributed by atoms with Gasteiger partial charge in [0, 0.05) is 11.9 Å². The lowest BCUT2D eigenvalue weighted by Crippen LogP contribution is -2.31. The van der Waals surface area contributed by atoms with Gasteiger partial charge in [0.25, 0.3) is 0 Å². The van der Waals surface area contributed by atoms with Gasteiger partial charge in [0.05, 0.1) is 11.4 Å². The van der Waals surface area contributed by atoms with Gasteiger partial charge >= 0.3 is 0 Å². The number of nitrogens with one attached hydrogen (secondary N) is 1. The summed E-state index contributed by atoms with van der Waals surface area (Å²) in [7, 11) is -3.64. The predicted molar refractivity (Wildman–Crippen MR) is 86.9 cm³/mol. The van der Waals surface area contributed by atoms with Crippen molar-refractivity contribution in [1.29, 1.82) is 0 Å². The molecular weight excluding hydrogens is 330 g/mol. The van der Waals surface area contributed by atoms with Crippen LogP contribution in [-0.2, 0) is 21.4 Å². The SMILES string of the molecule is CC(C)(C)CC(Cl)CNS(=O)(=O)c1cccc2c1N=S=N2. The summed E-state index contributed by atoms with van der Waals surface area (Å²) in [6, 6.07) is 4.92. The molecule has 0 saturated heterocycles. The topological polar surface area (TPSA) is 70.9 Å². The van der Waals surface area contributed by atoms with Crippen molar-refractivity contribution in [2.24, 2.45) is 14.1 Å². The van der Waals surface area contributed by atoms with Gasteiger partial charge in [0.15, 0.2) is 0 Å². The molecule has 2 rings (SSSR count). The molecule has 0 radical (unpaired) electrons. The first-order valence-corrected chi connectivity index (χ1v) is 9.19. The van der Waals surface area contributed by atoms with E-state index in [0.29, 0.717) is 11.4 Å². The van der Waals surface area contributed by atoms with Gasteiger partial charge in [-0.15, -0.1) is 11.6 Å². The van der Waals surface area contributed by atoms with Crippen molar-refractivity contribution >= 4 is 44.4 Å². The highest BCUT2D eigenvalue weighted by Gasteiger charge is 2.24. The van der Waals surface area contributed by atoms with Crippen molar-refractivity contribution in [3.63, 3.8) is 0 Å². The summed E-state index contributed by atoms with van der Waals surface area (Å²) in [6.07, 6.45) is 0.722. The van der Waals surface area contributed by atoms with E-state index in [2.05, 4.69) is 34.2 Å². The molecule has 0 aromatic heterocycles. The van der Waals surface area contributed by atoms with Crippen LogP contribution in [0.1, 0.15) is 27.2 Å². The van der Waals surface area contributed by atoms with Crippen molar-refractivity contribution in [3.8, 4) is 0 Å². The highest BCUT2D eigenvalue weighted by Crippen LogP contribution is 2.37. The number of fused-ring (bicyclic) bond motifs is 1. The van der Waals surface area contributed by atoms with E-state index >= 15 is 0 Å². The molecule has 0 fully saturated rings. The average Bonchev–Trinajstić information content (AvgIpc) is 2.82. The maximum atomic E-state index is 12.4. The van der Waals surface area contributed by atoms with Gasteiger partial charge in [0.2, 0.25) is 10.0 Å². The minimum Gasteiger partial charge on any atom is -0.210 e. The van der Waals surface area contributed by atoms with Crippen LogP contribution in [0, 0.1) is 5.41 Å². The molecule has 1 aliphatic rings. The Morgan fingerprint density at radius 2 is 2.05 bits per heavy atom. The average molecular weight is 348 g/mol. The Bertz CT molecular complexity index is 705. The molecule has 0 aliphatic carbocycles. The van der Waals surface area contributed by atoms with Crippen molar-refractivity contribution in [2.45, 2.75) is 37.5 Å². The first kappa shape index (κ1) is 16.6. The van der Waals surface area contributed by atoms with E-state index in [4.69, 9.17) is 11.6 Å². The Labute approximate surface area is 134 Å². The summed E-state index contributed by atoms with van der Waals surface area (Å²) >= 11 is 7.20. The van der Waals surface area contributed by atoms with Crippen LogP contribution >= 0.6 is 11.6 Å². The number of benzene rings is 1. The third-order valence-corrected chi connectivity index (χ3v) is 5.17. The van der Waals surface area contributed by atoms with E-state index in [0.717, 1.165) is 17.8 Å². The lowest BCUT2D eigenvalue weighted by atomic mass is 9.90. The van der Waals surface area contributed by atoms with E-state index < -0.39 is 10.0 Å². The molecule has 21 heavy (non-hydrogen) atoms. The van der Waals surface area contributed by atoms with Gasteiger partial charge < -0.3 is 0 Å². The van der Waals surface area contributed by atoms with E-state index in [9.17, 15) is 8.42 Å². The number of nitrogens with zero attached hydrogens (tertiary/aromatic N) is 2. The number of halogens is 1. The summed E-state index contributed by atoms with van der Waals surface area (Å²) < 4.78 is 35.4. The fourth-order valence-electron chi connectivity index (χ4n) is 2.01. The minimum absolute atomic E-state index is 0.0523. The third kappa shape index (κ3) is 4.35. The predicted octanol–water partition coefficient (Wildman–Crippen LogP) is 3.73. The first-order valence-electron chi connectivity index (χ1n) is 6.54. The van der Waals surface area contributed by atoms with Gasteiger partial charge in [-0.3, -0.25) is 0 Å². The van der Waals surface area contributed by atoms with E-state index in [1.165, 1.54) is 6.07 Å². The Morgan fingerprint density at radius 1 is 1.33 bits per heavy atom. The number of hydrogen-bond donors (Lipinski definition) is 1. The fourth-order valence-corrected chi connectivity index (χ4v) is 4.49. The Kier molecular flexibility index (Phi) is 4.87. The van der Waals surface area contributed by atoms with Crippen LogP contribution in [0.25, 0.3) is 0 Å². The summed E-state index contributed by atoms with van der Waals surface area (Å²) in [5, 5.41) is -0.257. The second-order valence-electron chi connectivity index (χ2n) is 6.10. The van der Waals surface area contributed by atoms with Crippen LogP contribution < -0.4 is 4.72 Å². The summed E-state index contributed by atoms with van der Waals surface area (Å²) in [4.78, 5) is 0.147. The number of alkyl halides is 1. The molecular formula is C13H18ClN3O2S2. The molecule has 5 nitrogen and oxygen atoms in total. The van der Waals surface area contributed by atoms with Crippen molar-refractivity contribution in [2.75, 3.05) is 6.54 Å². The molecule has 0 bridgehead atoms. The van der Waals surface area contributed by atoms with Crippen LogP contribution in [-0.4, -0.2) is 20.3 Å². The molecule has 1 aromatic carbocycles. The molecule has 1 unspecified atom stereocenters. The largest absolute Gasteiger partial charge is 0.242 e. The number of hydrogen-bond acceptors (Lipinski definition) is 4. The third-order valence-electron chi connectivity index (χ3n) is 2.87. The van der Waals surface area contributed by atoms with E-state index in [-0.39, 0.29) is 22.2 Å². The monoisotopic (exact) mass is 347 g/mol. The van der Waals surface area contributed by atoms with Crippen LogP contribution in [0.5, 0.6) is 0 Å². The lowest BCUT2D eigenvalue weighted by Gasteiger charge is -2.22. The van der Waals surface area contributed by atoms with E-state index in [1.807, 2.05) is 0 Å². The zero-order valence-corrected chi connectivity index (χ0v) is 14.5. The molecule has 0 amide bonds. The lowest BCUT2D eigenvalue weighted by molar-refractivity contribution is 0.369. The summed E-state index contributed by atoms with van der Waals surface area (Å²) in [5.74, 6) is 0. The van der Waals surface area contributed by atoms with Gasteiger partial charge in [-0.2, -0.15) is 8.73 Å². The fraction of sp³-hybridized carbons (Fsp3) is 0.538. The van der Waals surface area contributed by atoms with Gasteiger partial charge in [-0.05, 0) is 24.0 Å². The zero-order chi connectivity index (χ0) is 15.7. The smallest absolute Gasteiger partial charge is 0.210 e. The second-order valence-corrected chi connectivity index (χ2v) is 8.98. The molecule has 1 aromatic rings. The van der Waals surface area contributed by atoms with Crippen LogP contribution in [0.3, 0.4) is 0 Å². The van der Waals surface area contributed by atoms with Crippen molar-refractivity contribution in [1.82, 2.24) is 4.72 Å². The Morgan fingerprint density at radius 3 is 2.71 bits per heavy atom. The highest BCUT2D eigenvalue weighted by atomic mass is 35.5. The first-order chi connectivity index (χ1) is 9.69. The molecule has 116 valence electrons. The van der Waals surface area contributed by atoms with Gasteiger partial charge in [-0.1, -0.05) is 26.8 Å². The minimum atomic E-state index is -3.64. The van der Waals surface area contributed by atoms with Crippen molar-refractivity contribution < 1.29 is 8.42 Å². The zero-order valence-electron chi connectivity index (χ0n) is 12.1. The van der Waals surface area contributed by atoms with Gasteiger partial charge in [0.1, 0.15) is 16.3 Å². The van der Waals surface area contributed by atoms with Crippen LogP contribution in [0.4, 0.5) is 11.4 Å². The van der Waals surface area contributed by atoms with E-state index in [1.54, 1.807) is 12.1 Å². The molecule has 0 saturated carbocycles. The maximum Gasteiger partial charge on any atom is 0.242 e. The molecule has 8 heteroatoms. The van der Waals surface area contributed by atoms with Crippen LogP contribution in [0.15, 0.2) is 31.8 Å². The van der Waals surface area contributed by atoms with Gasteiger partial charge in [-0.25, -0.2) is 13.1 Å². The highest BCUT2D eigenvalue weighted by molar-refractivity contribution is 7.89. The molecule has 0 spiro atoms. The quantitative estimate of drug-likeness (QED) is 0.837. The normalized spacial score (nSPS) is 15.6. The molecule has 1 aliphatic heterocycles. The molecule has 1 heterocycles.